The Morgan fingerprint density at radius 1 is 0.795 bits per heavy atom. The van der Waals surface area contributed by atoms with Crippen LogP contribution in [0.5, 0.6) is 0 Å². The second-order valence-electron chi connectivity index (χ2n) is 9.52. The van der Waals surface area contributed by atoms with Crippen molar-refractivity contribution in [2.45, 2.75) is 65.5 Å². The van der Waals surface area contributed by atoms with Crippen LogP contribution in [0.3, 0.4) is 0 Å². The number of carbonyl (C=O) groups is 3. The summed E-state index contributed by atoms with van der Waals surface area (Å²) in [4.78, 5) is 35.5. The Bertz CT molecular complexity index is 1010. The molecule has 0 aromatic rings. The Morgan fingerprint density at radius 3 is 1.44 bits per heavy atom. The van der Waals surface area contributed by atoms with Gasteiger partial charge in [0.25, 0.3) is 0 Å². The predicted octanol–water partition coefficient (Wildman–Crippen LogP) is 2.61. The number of carbonyl (C=O) groups excluding carboxylic acids is 3. The summed E-state index contributed by atoms with van der Waals surface area (Å²) in [6.07, 6.45) is 0. The van der Waals surface area contributed by atoms with Crippen molar-refractivity contribution < 1.29 is 68.6 Å². The van der Waals surface area contributed by atoms with Crippen LogP contribution < -0.4 is 0 Å². The molecule has 0 aromatic heterocycles. The number of halogens is 3. The fourth-order valence-electron chi connectivity index (χ4n) is 3.01. The molecule has 2 aliphatic heterocycles. The first kappa shape index (κ1) is 34.8. The van der Waals surface area contributed by atoms with Crippen LogP contribution in [0, 0.1) is 10.8 Å². The summed E-state index contributed by atoms with van der Waals surface area (Å²) in [5.74, 6) is -4.77. The predicted molar refractivity (Wildman–Crippen MR) is 126 cm³/mol. The van der Waals surface area contributed by atoms with Crippen LogP contribution in [0.1, 0.15) is 48.5 Å². The van der Waals surface area contributed by atoms with Crippen LogP contribution >= 0.6 is 0 Å². The van der Waals surface area contributed by atoms with E-state index in [2.05, 4.69) is 10.8 Å². The molecule has 0 saturated carbocycles. The van der Waals surface area contributed by atoms with E-state index in [0.29, 0.717) is 0 Å². The molecule has 0 spiro atoms. The molecule has 2 saturated heterocycles. The first-order chi connectivity index (χ1) is 17.6. The molecule has 2 heterocycles. The molecule has 0 radical (unpaired) electrons. The molecule has 0 atom stereocenters. The van der Waals surface area contributed by atoms with Gasteiger partial charge in [-0.1, -0.05) is 6.58 Å². The van der Waals surface area contributed by atoms with Gasteiger partial charge in [0.15, 0.2) is 28.2 Å². The van der Waals surface area contributed by atoms with Crippen LogP contribution in [0.4, 0.5) is 13.2 Å². The second-order valence-corrected chi connectivity index (χ2v) is 11.1. The fraction of sp³-hybridized carbons (Fsp3) is 0.783. The summed E-state index contributed by atoms with van der Waals surface area (Å²) >= 11 is 0. The standard InChI is InChI=1S/C12H17F3O7S.C11H18O5/c1-5-19-9(16)11(6-20-10(3,4)21-7-11)8(2)22-23(17,18)12(13,14)15;1-5-14-9(13)11(8(2)12)6-15-10(3,4)16-7-11/h2,5-7H2,1,3-4H3;5-7H2,1-4H3. The average Bonchev–Trinajstić information content (AvgIpc) is 2.79. The maximum absolute atomic E-state index is 12.4. The molecule has 2 fully saturated rings. The zero-order valence-corrected chi connectivity index (χ0v) is 23.7. The quantitative estimate of drug-likeness (QED) is 0.134. The number of ether oxygens (including phenoxy) is 6. The van der Waals surface area contributed by atoms with Gasteiger partial charge in [-0.3, -0.25) is 14.4 Å². The van der Waals surface area contributed by atoms with Gasteiger partial charge in [0, 0.05) is 0 Å². The largest absolute Gasteiger partial charge is 0.534 e. The number of hydrogen-bond acceptors (Lipinski definition) is 12. The van der Waals surface area contributed by atoms with Crippen molar-refractivity contribution in [1.29, 1.82) is 0 Å². The Morgan fingerprint density at radius 2 is 1.13 bits per heavy atom. The highest BCUT2D eigenvalue weighted by atomic mass is 32.2. The monoisotopic (exact) mass is 592 g/mol. The minimum atomic E-state index is -5.98. The first-order valence-corrected chi connectivity index (χ1v) is 13.1. The minimum Gasteiger partial charge on any atom is -0.465 e. The molecule has 0 amide bonds. The number of Topliss-reactive ketones (excluding diaryl/α,β-unsaturated/α-hetero) is 1. The molecule has 0 N–H and O–H groups in total. The highest BCUT2D eigenvalue weighted by Gasteiger charge is 2.56. The van der Waals surface area contributed by atoms with Crippen molar-refractivity contribution in [1.82, 2.24) is 0 Å². The van der Waals surface area contributed by atoms with Crippen LogP contribution in [-0.4, -0.2) is 82.9 Å². The molecular weight excluding hydrogens is 557 g/mol. The number of alkyl halides is 3. The molecular formula is C23H35F3O12S. The second kappa shape index (κ2) is 12.5. The molecule has 0 aromatic carbocycles. The van der Waals surface area contributed by atoms with Crippen molar-refractivity contribution >= 4 is 27.8 Å². The summed E-state index contributed by atoms with van der Waals surface area (Å²) in [6, 6.07) is 0. The average molecular weight is 593 g/mol. The van der Waals surface area contributed by atoms with Gasteiger partial charge in [-0.25, -0.2) is 0 Å². The molecule has 0 bridgehead atoms. The molecule has 12 nitrogen and oxygen atoms in total. The van der Waals surface area contributed by atoms with Crippen molar-refractivity contribution in [3.05, 3.63) is 12.3 Å². The zero-order valence-electron chi connectivity index (χ0n) is 22.9. The van der Waals surface area contributed by atoms with Crippen LogP contribution in [0.25, 0.3) is 0 Å². The summed E-state index contributed by atoms with van der Waals surface area (Å²) < 4.78 is 94.3. The van der Waals surface area contributed by atoms with Crippen LogP contribution in [-0.2, 0) is 57.1 Å². The lowest BCUT2D eigenvalue weighted by Gasteiger charge is -2.41. The molecule has 39 heavy (non-hydrogen) atoms. The summed E-state index contributed by atoms with van der Waals surface area (Å²) in [6.45, 7) is 13.3. The van der Waals surface area contributed by atoms with E-state index < -0.39 is 68.9 Å². The molecule has 0 unspecified atom stereocenters. The third-order valence-electron chi connectivity index (χ3n) is 5.70. The van der Waals surface area contributed by atoms with Crippen molar-refractivity contribution in [2.75, 3.05) is 39.6 Å². The van der Waals surface area contributed by atoms with E-state index in [4.69, 9.17) is 28.4 Å². The first-order valence-electron chi connectivity index (χ1n) is 11.7. The number of hydrogen-bond donors (Lipinski definition) is 0. The van der Waals surface area contributed by atoms with Gasteiger partial charge in [-0.15, -0.1) is 0 Å². The fourth-order valence-corrected chi connectivity index (χ4v) is 3.53. The Balaban J connectivity index is 0.000000416. The molecule has 2 rings (SSSR count). The van der Waals surface area contributed by atoms with E-state index >= 15 is 0 Å². The number of ketones is 1. The van der Waals surface area contributed by atoms with Crippen molar-refractivity contribution in [3.63, 3.8) is 0 Å². The minimum absolute atomic E-state index is 0.00810. The SMILES string of the molecule is C=C(OS(=O)(=O)C(F)(F)F)C1(C(=O)OCC)COC(C)(C)OC1.CCOC(=O)C1(C(C)=O)COC(C)(C)OC1. The Kier molecular flexibility index (Phi) is 11.1. The summed E-state index contributed by atoms with van der Waals surface area (Å²) in [5, 5.41) is 0. The Labute approximate surface area is 225 Å². The third-order valence-corrected chi connectivity index (χ3v) is 6.69. The van der Waals surface area contributed by atoms with E-state index in [9.17, 15) is 36.0 Å². The van der Waals surface area contributed by atoms with Crippen LogP contribution in [0.15, 0.2) is 12.3 Å². The van der Waals surface area contributed by atoms with E-state index in [1.165, 1.54) is 27.7 Å². The normalized spacial score (nSPS) is 21.4. The molecule has 0 aliphatic carbocycles. The molecule has 16 heteroatoms. The number of rotatable bonds is 8. The van der Waals surface area contributed by atoms with E-state index in [1.807, 2.05) is 0 Å². The lowest BCUT2D eigenvalue weighted by atomic mass is 9.85. The maximum Gasteiger partial charge on any atom is 0.534 e. The Hall–Kier alpha value is -2.27. The van der Waals surface area contributed by atoms with Crippen molar-refractivity contribution in [3.8, 4) is 0 Å². The summed E-state index contributed by atoms with van der Waals surface area (Å²) in [7, 11) is -5.98. The van der Waals surface area contributed by atoms with Gasteiger partial charge < -0.3 is 32.6 Å². The van der Waals surface area contributed by atoms with Gasteiger partial charge in [0.1, 0.15) is 5.76 Å². The smallest absolute Gasteiger partial charge is 0.465 e. The molecule has 2 aliphatic rings. The van der Waals surface area contributed by atoms with E-state index in [-0.39, 0.29) is 32.2 Å². The van der Waals surface area contributed by atoms with E-state index in [0.717, 1.165) is 0 Å². The lowest BCUT2D eigenvalue weighted by Crippen LogP contribution is -2.54. The van der Waals surface area contributed by atoms with Gasteiger partial charge in [-0.05, 0) is 48.5 Å². The van der Waals surface area contributed by atoms with Crippen LogP contribution in [0.2, 0.25) is 0 Å². The van der Waals surface area contributed by atoms with Gasteiger partial charge in [0.2, 0.25) is 0 Å². The van der Waals surface area contributed by atoms with Gasteiger partial charge in [-0.2, -0.15) is 21.6 Å². The van der Waals surface area contributed by atoms with Crippen molar-refractivity contribution in [2.24, 2.45) is 10.8 Å². The number of esters is 2. The molecule has 226 valence electrons. The summed E-state index contributed by atoms with van der Waals surface area (Å²) in [5.41, 5.74) is -8.99. The lowest BCUT2D eigenvalue weighted by molar-refractivity contribution is -0.281. The van der Waals surface area contributed by atoms with Gasteiger partial charge in [0.05, 0.1) is 39.6 Å². The highest BCUT2D eigenvalue weighted by molar-refractivity contribution is 7.87. The topological polar surface area (TPSA) is 150 Å². The van der Waals surface area contributed by atoms with E-state index in [1.54, 1.807) is 20.8 Å². The zero-order chi connectivity index (χ0) is 30.5. The highest BCUT2D eigenvalue weighted by Crippen LogP contribution is 2.39. The maximum atomic E-state index is 12.4. The third kappa shape index (κ3) is 8.36. The van der Waals surface area contributed by atoms with Gasteiger partial charge >= 0.3 is 27.6 Å².